The van der Waals surface area contributed by atoms with Gasteiger partial charge in [0.1, 0.15) is 5.75 Å². The zero-order chi connectivity index (χ0) is 22.1. The maximum Gasteiger partial charge on any atom is 0.338 e. The second kappa shape index (κ2) is 7.87. The molecular weight excluding hydrogens is 398 g/mol. The number of carbonyl (C=O) groups is 4. The zero-order valence-electron chi connectivity index (χ0n) is 16.5. The first-order valence-electron chi connectivity index (χ1n) is 9.45. The molecule has 3 aromatic carbocycles. The number of fused-ring (bicyclic) bond motifs is 2. The third kappa shape index (κ3) is 3.69. The molecule has 7 heteroatoms. The number of rotatable bonds is 4. The Morgan fingerprint density at radius 1 is 0.903 bits per heavy atom. The van der Waals surface area contributed by atoms with Crippen LogP contribution in [0.25, 0.3) is 0 Å². The fourth-order valence-corrected chi connectivity index (χ4v) is 3.39. The van der Waals surface area contributed by atoms with Gasteiger partial charge in [-0.3, -0.25) is 14.4 Å². The van der Waals surface area contributed by atoms with E-state index in [1.54, 1.807) is 43.3 Å². The summed E-state index contributed by atoms with van der Waals surface area (Å²) in [7, 11) is 0. The lowest BCUT2D eigenvalue weighted by Gasteiger charge is -2.20. The van der Waals surface area contributed by atoms with E-state index in [1.165, 1.54) is 24.3 Å². The van der Waals surface area contributed by atoms with Gasteiger partial charge in [-0.05, 0) is 30.7 Å². The summed E-state index contributed by atoms with van der Waals surface area (Å²) in [5, 5.41) is 12.2. The van der Waals surface area contributed by atoms with E-state index in [0.29, 0.717) is 11.1 Å². The highest BCUT2D eigenvalue weighted by Gasteiger charge is 2.31. The topological polar surface area (TPSA) is 110 Å². The van der Waals surface area contributed by atoms with Crippen LogP contribution < -0.4 is 5.32 Å². The highest BCUT2D eigenvalue weighted by molar-refractivity contribution is 6.30. The molecule has 0 atom stereocenters. The monoisotopic (exact) mass is 415 g/mol. The number of hydrogen-bond acceptors (Lipinski definition) is 6. The van der Waals surface area contributed by atoms with Crippen molar-refractivity contribution >= 4 is 29.1 Å². The molecule has 154 valence electrons. The molecule has 0 saturated heterocycles. The Balaban J connectivity index is 1.51. The zero-order valence-corrected chi connectivity index (χ0v) is 16.5. The Morgan fingerprint density at radius 3 is 2.29 bits per heavy atom. The normalized spacial score (nSPS) is 12.0. The number of anilines is 1. The average molecular weight is 415 g/mol. The Bertz CT molecular complexity index is 1260. The molecule has 3 aromatic rings. The smallest absolute Gasteiger partial charge is 0.338 e. The number of hydrogen-bond donors (Lipinski definition) is 2. The van der Waals surface area contributed by atoms with Crippen LogP contribution in [0.5, 0.6) is 5.75 Å². The molecular formula is C24H17NO6. The molecule has 4 rings (SSSR count). The lowest BCUT2D eigenvalue weighted by Crippen LogP contribution is -2.26. The molecule has 1 aliphatic rings. The highest BCUT2D eigenvalue weighted by Crippen LogP contribution is 2.31. The van der Waals surface area contributed by atoms with E-state index in [-0.39, 0.29) is 45.3 Å². The van der Waals surface area contributed by atoms with Crippen LogP contribution in [0.1, 0.15) is 47.8 Å². The number of ketones is 2. The minimum atomic E-state index is -0.777. The molecule has 0 spiro atoms. The first-order chi connectivity index (χ1) is 14.9. The van der Waals surface area contributed by atoms with Crippen LogP contribution in [-0.4, -0.2) is 35.2 Å². The number of ether oxygens (including phenoxy) is 1. The van der Waals surface area contributed by atoms with E-state index in [4.69, 9.17) is 4.74 Å². The van der Waals surface area contributed by atoms with Crippen molar-refractivity contribution < 1.29 is 29.0 Å². The van der Waals surface area contributed by atoms with Crippen molar-refractivity contribution in [2.75, 3.05) is 11.9 Å². The van der Waals surface area contributed by atoms with Crippen molar-refractivity contribution in [3.8, 4) is 5.75 Å². The summed E-state index contributed by atoms with van der Waals surface area (Å²) in [5.74, 6) is -2.17. The predicted octanol–water partition coefficient (Wildman–Crippen LogP) is 3.27. The Labute approximate surface area is 177 Å². The van der Waals surface area contributed by atoms with Crippen LogP contribution in [0.15, 0.2) is 60.7 Å². The summed E-state index contributed by atoms with van der Waals surface area (Å²) < 4.78 is 4.99. The van der Waals surface area contributed by atoms with Crippen molar-refractivity contribution in [1.82, 2.24) is 0 Å². The number of carbonyl (C=O) groups excluding carboxylic acids is 4. The third-order valence-electron chi connectivity index (χ3n) is 5.01. The molecule has 0 unspecified atom stereocenters. The third-order valence-corrected chi connectivity index (χ3v) is 5.01. The van der Waals surface area contributed by atoms with Gasteiger partial charge in [0.15, 0.2) is 18.2 Å². The fraction of sp³-hybridized carbons (Fsp3) is 0.0833. The Hall–Kier alpha value is -4.26. The number of aromatic hydroxyl groups is 1. The number of aryl methyl sites for hydroxylation is 1. The van der Waals surface area contributed by atoms with E-state index in [0.717, 1.165) is 0 Å². The SMILES string of the molecule is Cc1ccc(C(=O)OCC(=O)Nc2cccc3c2C(=O)c2ccccc2C3=O)cc1O. The average Bonchev–Trinajstić information content (AvgIpc) is 2.77. The summed E-state index contributed by atoms with van der Waals surface area (Å²) in [6.45, 7) is 1.08. The van der Waals surface area contributed by atoms with Crippen LogP contribution in [0, 0.1) is 6.92 Å². The van der Waals surface area contributed by atoms with E-state index in [2.05, 4.69) is 5.32 Å². The number of benzene rings is 3. The number of phenolic OH excluding ortho intramolecular Hbond substituents is 1. The summed E-state index contributed by atoms with van der Waals surface area (Å²) in [4.78, 5) is 50.2. The minimum absolute atomic E-state index is 0.0572. The molecule has 1 amide bonds. The summed E-state index contributed by atoms with van der Waals surface area (Å²) >= 11 is 0. The quantitative estimate of drug-likeness (QED) is 0.495. The Kier molecular flexibility index (Phi) is 5.09. The lowest BCUT2D eigenvalue weighted by atomic mass is 9.83. The van der Waals surface area contributed by atoms with Gasteiger partial charge in [0.2, 0.25) is 0 Å². The van der Waals surface area contributed by atoms with Gasteiger partial charge in [-0.1, -0.05) is 42.5 Å². The van der Waals surface area contributed by atoms with Gasteiger partial charge in [0, 0.05) is 16.7 Å². The minimum Gasteiger partial charge on any atom is -0.508 e. The van der Waals surface area contributed by atoms with Crippen LogP contribution in [-0.2, 0) is 9.53 Å². The predicted molar refractivity (Wildman–Crippen MR) is 112 cm³/mol. The standard InChI is InChI=1S/C24H17NO6/c1-13-9-10-14(11-19(13)26)24(30)31-12-20(27)25-18-8-4-7-17-21(18)23(29)16-6-3-2-5-15(16)22(17)28/h2-11,26H,12H2,1H3,(H,25,27). The largest absolute Gasteiger partial charge is 0.508 e. The molecule has 0 bridgehead atoms. The molecule has 0 heterocycles. The summed E-state index contributed by atoms with van der Waals surface area (Å²) in [6.07, 6.45) is 0. The molecule has 0 saturated carbocycles. The van der Waals surface area contributed by atoms with Crippen molar-refractivity contribution in [3.05, 3.63) is 94.0 Å². The van der Waals surface area contributed by atoms with E-state index < -0.39 is 18.5 Å². The lowest BCUT2D eigenvalue weighted by molar-refractivity contribution is -0.119. The molecule has 1 aliphatic carbocycles. The van der Waals surface area contributed by atoms with Crippen molar-refractivity contribution in [1.29, 1.82) is 0 Å². The molecule has 0 aromatic heterocycles. The van der Waals surface area contributed by atoms with Crippen LogP contribution >= 0.6 is 0 Å². The first kappa shape index (κ1) is 20.0. The molecule has 0 aliphatic heterocycles. The maximum atomic E-state index is 13.0. The van der Waals surface area contributed by atoms with Crippen LogP contribution in [0.4, 0.5) is 5.69 Å². The van der Waals surface area contributed by atoms with Crippen LogP contribution in [0.2, 0.25) is 0 Å². The molecule has 0 radical (unpaired) electrons. The van der Waals surface area contributed by atoms with Crippen LogP contribution in [0.3, 0.4) is 0 Å². The Morgan fingerprint density at radius 2 is 1.58 bits per heavy atom. The van der Waals surface area contributed by atoms with E-state index >= 15 is 0 Å². The second-order valence-electron chi connectivity index (χ2n) is 7.06. The number of esters is 1. The summed E-state index contributed by atoms with van der Waals surface area (Å²) in [6, 6.07) is 15.4. The van der Waals surface area contributed by atoms with Gasteiger partial charge >= 0.3 is 5.97 Å². The molecule has 31 heavy (non-hydrogen) atoms. The van der Waals surface area contributed by atoms with Gasteiger partial charge in [-0.25, -0.2) is 4.79 Å². The number of phenols is 1. The van der Waals surface area contributed by atoms with E-state index in [9.17, 15) is 24.3 Å². The molecule has 2 N–H and O–H groups in total. The van der Waals surface area contributed by atoms with Gasteiger partial charge < -0.3 is 15.2 Å². The van der Waals surface area contributed by atoms with Gasteiger partial charge in [0.25, 0.3) is 5.91 Å². The van der Waals surface area contributed by atoms with Crippen molar-refractivity contribution in [3.63, 3.8) is 0 Å². The fourth-order valence-electron chi connectivity index (χ4n) is 3.39. The summed E-state index contributed by atoms with van der Waals surface area (Å²) in [5.41, 5.74) is 1.77. The maximum absolute atomic E-state index is 13.0. The second-order valence-corrected chi connectivity index (χ2v) is 7.06. The first-order valence-corrected chi connectivity index (χ1v) is 9.45. The number of amides is 1. The van der Waals surface area contributed by atoms with Crippen molar-refractivity contribution in [2.24, 2.45) is 0 Å². The van der Waals surface area contributed by atoms with Gasteiger partial charge in [-0.2, -0.15) is 0 Å². The van der Waals surface area contributed by atoms with E-state index in [1.807, 2.05) is 0 Å². The molecule has 7 nitrogen and oxygen atoms in total. The van der Waals surface area contributed by atoms with Gasteiger partial charge in [-0.15, -0.1) is 0 Å². The van der Waals surface area contributed by atoms with Crippen molar-refractivity contribution in [2.45, 2.75) is 6.92 Å². The van der Waals surface area contributed by atoms with Gasteiger partial charge in [0.05, 0.1) is 16.8 Å². The number of nitrogens with one attached hydrogen (secondary N) is 1. The highest BCUT2D eigenvalue weighted by atomic mass is 16.5. The molecule has 0 fully saturated rings.